The fourth-order valence-corrected chi connectivity index (χ4v) is 3.42. The zero-order valence-corrected chi connectivity index (χ0v) is 15.9. The van der Waals surface area contributed by atoms with Crippen molar-refractivity contribution in [2.75, 3.05) is 19.0 Å². The van der Waals surface area contributed by atoms with Crippen LogP contribution in [0.4, 0.5) is 18.9 Å². The van der Waals surface area contributed by atoms with Crippen molar-refractivity contribution in [1.29, 1.82) is 0 Å². The van der Waals surface area contributed by atoms with E-state index >= 15 is 0 Å². The molecule has 0 bridgehead atoms. The molecule has 152 valence electrons. The smallest absolute Gasteiger partial charge is 0.402 e. The molecule has 2 N–H and O–H groups in total. The Kier molecular flexibility index (Phi) is 6.68. The van der Waals surface area contributed by atoms with Gasteiger partial charge in [-0.3, -0.25) is 4.79 Å². The number of sulfonamides is 1. The number of amides is 1. The highest BCUT2D eigenvalue weighted by molar-refractivity contribution is 7.89. The van der Waals surface area contributed by atoms with Gasteiger partial charge in [-0.25, -0.2) is 13.1 Å². The summed E-state index contributed by atoms with van der Waals surface area (Å²) < 4.78 is 66.9. The quantitative estimate of drug-likeness (QED) is 0.727. The van der Waals surface area contributed by atoms with Crippen molar-refractivity contribution in [3.63, 3.8) is 0 Å². The maximum atomic E-state index is 12.2. The van der Waals surface area contributed by atoms with E-state index in [1.165, 1.54) is 24.0 Å². The molecule has 2 aromatic carbocycles. The van der Waals surface area contributed by atoms with Crippen molar-refractivity contribution in [2.45, 2.75) is 24.4 Å². The Labute approximate surface area is 160 Å². The molecule has 10 heteroatoms. The summed E-state index contributed by atoms with van der Waals surface area (Å²) in [4.78, 5) is 11.9. The van der Waals surface area contributed by atoms with E-state index in [0.717, 1.165) is 17.7 Å². The van der Waals surface area contributed by atoms with Crippen molar-refractivity contribution < 1.29 is 31.1 Å². The van der Waals surface area contributed by atoms with Gasteiger partial charge in [0.2, 0.25) is 15.9 Å². The standard InChI is InChI=1S/C18H19F3N2O4S/c1-12-3-8-16(27-2)13(9-12)10-17(24)23-14-4-6-15(7-5-14)28(25,26)22-11-18(19,20)21/h3-9,22H,10-11H2,1-2H3,(H,23,24). The van der Waals surface area contributed by atoms with Crippen LogP contribution in [0.5, 0.6) is 5.75 Å². The van der Waals surface area contributed by atoms with E-state index in [1.807, 2.05) is 19.1 Å². The number of rotatable bonds is 7. The number of aryl methyl sites for hydroxylation is 1. The first-order valence-electron chi connectivity index (χ1n) is 8.10. The van der Waals surface area contributed by atoms with Gasteiger partial charge < -0.3 is 10.1 Å². The van der Waals surface area contributed by atoms with Gasteiger partial charge in [-0.2, -0.15) is 13.2 Å². The van der Waals surface area contributed by atoms with Gasteiger partial charge in [0.1, 0.15) is 12.3 Å². The first-order valence-corrected chi connectivity index (χ1v) is 9.58. The molecular weight excluding hydrogens is 397 g/mol. The number of hydrogen-bond donors (Lipinski definition) is 2. The molecule has 2 rings (SSSR count). The minimum absolute atomic E-state index is 0.0397. The lowest BCUT2D eigenvalue weighted by Gasteiger charge is -2.11. The van der Waals surface area contributed by atoms with Crippen LogP contribution in [0.1, 0.15) is 11.1 Å². The Morgan fingerprint density at radius 3 is 2.32 bits per heavy atom. The van der Waals surface area contributed by atoms with Gasteiger partial charge in [0.25, 0.3) is 0 Å². The molecule has 0 saturated heterocycles. The van der Waals surface area contributed by atoms with Crippen LogP contribution in [0, 0.1) is 6.92 Å². The molecule has 0 unspecified atom stereocenters. The first-order chi connectivity index (χ1) is 13.0. The lowest BCUT2D eigenvalue weighted by molar-refractivity contribution is -0.121. The van der Waals surface area contributed by atoms with E-state index in [9.17, 15) is 26.4 Å². The normalized spacial score (nSPS) is 11.9. The first kappa shape index (κ1) is 21.7. The van der Waals surface area contributed by atoms with Crippen LogP contribution in [0.2, 0.25) is 0 Å². The predicted molar refractivity (Wildman–Crippen MR) is 97.8 cm³/mol. The van der Waals surface area contributed by atoms with Crippen LogP contribution < -0.4 is 14.8 Å². The maximum Gasteiger partial charge on any atom is 0.402 e. The minimum atomic E-state index is -4.65. The van der Waals surface area contributed by atoms with Gasteiger partial charge in [0, 0.05) is 11.3 Å². The summed E-state index contributed by atoms with van der Waals surface area (Å²) in [5.74, 6) is 0.215. The summed E-state index contributed by atoms with van der Waals surface area (Å²) in [7, 11) is -2.80. The van der Waals surface area contributed by atoms with Crippen LogP contribution in [0.25, 0.3) is 0 Å². The highest BCUT2D eigenvalue weighted by atomic mass is 32.2. The van der Waals surface area contributed by atoms with Gasteiger partial charge in [0.15, 0.2) is 0 Å². The van der Waals surface area contributed by atoms with E-state index in [2.05, 4.69) is 5.32 Å². The fraction of sp³-hybridized carbons (Fsp3) is 0.278. The second-order valence-electron chi connectivity index (χ2n) is 6.00. The summed E-state index contributed by atoms with van der Waals surface area (Å²) in [6.07, 6.45) is -4.62. The van der Waals surface area contributed by atoms with Gasteiger partial charge in [0.05, 0.1) is 18.4 Å². The van der Waals surface area contributed by atoms with Gasteiger partial charge in [-0.1, -0.05) is 17.7 Å². The number of benzene rings is 2. The number of carbonyl (C=O) groups is 1. The lowest BCUT2D eigenvalue weighted by Crippen LogP contribution is -2.33. The zero-order chi connectivity index (χ0) is 20.9. The number of methoxy groups -OCH3 is 1. The SMILES string of the molecule is COc1ccc(C)cc1CC(=O)Nc1ccc(S(=O)(=O)NCC(F)(F)F)cc1. The second kappa shape index (κ2) is 8.61. The number of alkyl halides is 3. The van der Waals surface area contributed by atoms with Crippen molar-refractivity contribution >= 4 is 21.6 Å². The third kappa shape index (κ3) is 6.24. The summed E-state index contributed by atoms with van der Waals surface area (Å²) in [5.41, 5.74) is 1.96. The number of nitrogens with one attached hydrogen (secondary N) is 2. The molecule has 0 fully saturated rings. The Morgan fingerprint density at radius 1 is 1.11 bits per heavy atom. The molecule has 0 aromatic heterocycles. The Bertz CT molecular complexity index is 942. The average Bonchev–Trinajstić information content (AvgIpc) is 2.60. The minimum Gasteiger partial charge on any atom is -0.496 e. The number of halogens is 3. The summed E-state index contributed by atoms with van der Waals surface area (Å²) in [6.45, 7) is 0.221. The average molecular weight is 416 g/mol. The van der Waals surface area contributed by atoms with Crippen LogP contribution in [-0.2, 0) is 21.2 Å². The topological polar surface area (TPSA) is 84.5 Å². The summed E-state index contributed by atoms with van der Waals surface area (Å²) in [6, 6.07) is 10.3. The second-order valence-corrected chi connectivity index (χ2v) is 7.77. The lowest BCUT2D eigenvalue weighted by atomic mass is 10.1. The zero-order valence-electron chi connectivity index (χ0n) is 15.1. The highest BCUT2D eigenvalue weighted by Crippen LogP contribution is 2.21. The van der Waals surface area contributed by atoms with Crippen LogP contribution in [0.15, 0.2) is 47.4 Å². The monoisotopic (exact) mass is 416 g/mol. The third-order valence-corrected chi connectivity index (χ3v) is 5.12. The van der Waals surface area contributed by atoms with Crippen molar-refractivity contribution in [1.82, 2.24) is 4.72 Å². The van der Waals surface area contributed by atoms with Gasteiger partial charge >= 0.3 is 6.18 Å². The number of carbonyl (C=O) groups excluding carboxylic acids is 1. The van der Waals surface area contributed by atoms with Crippen molar-refractivity contribution in [2.24, 2.45) is 0 Å². The predicted octanol–water partition coefficient (Wildman–Crippen LogP) is 3.03. The molecule has 0 radical (unpaired) electrons. The van der Waals surface area contributed by atoms with E-state index in [4.69, 9.17) is 4.74 Å². The highest BCUT2D eigenvalue weighted by Gasteiger charge is 2.30. The van der Waals surface area contributed by atoms with Crippen LogP contribution in [-0.4, -0.2) is 34.2 Å². The Hall–Kier alpha value is -2.59. The van der Waals surface area contributed by atoms with Crippen molar-refractivity contribution in [3.05, 3.63) is 53.6 Å². The molecule has 0 atom stereocenters. The third-order valence-electron chi connectivity index (χ3n) is 3.70. The Balaban J connectivity index is 2.04. The molecular formula is C18H19F3N2O4S. The van der Waals surface area contributed by atoms with E-state index in [-0.39, 0.29) is 17.2 Å². The van der Waals surface area contributed by atoms with Crippen LogP contribution in [0.3, 0.4) is 0 Å². The molecule has 0 saturated carbocycles. The largest absolute Gasteiger partial charge is 0.496 e. The van der Waals surface area contributed by atoms with Crippen LogP contribution >= 0.6 is 0 Å². The van der Waals surface area contributed by atoms with E-state index < -0.39 is 22.7 Å². The number of ether oxygens (including phenoxy) is 1. The molecule has 28 heavy (non-hydrogen) atoms. The van der Waals surface area contributed by atoms with Gasteiger partial charge in [-0.05, 0) is 37.3 Å². The molecule has 2 aromatic rings. The van der Waals surface area contributed by atoms with E-state index in [1.54, 1.807) is 6.07 Å². The molecule has 0 aliphatic heterocycles. The fourth-order valence-electron chi connectivity index (χ4n) is 2.40. The summed E-state index contributed by atoms with van der Waals surface area (Å²) >= 11 is 0. The molecule has 6 nitrogen and oxygen atoms in total. The molecule has 0 aliphatic carbocycles. The number of anilines is 1. The maximum absolute atomic E-state index is 12.2. The molecule has 0 spiro atoms. The number of hydrogen-bond acceptors (Lipinski definition) is 4. The molecule has 0 aliphatic rings. The summed E-state index contributed by atoms with van der Waals surface area (Å²) in [5, 5.41) is 2.61. The van der Waals surface area contributed by atoms with E-state index in [0.29, 0.717) is 17.0 Å². The van der Waals surface area contributed by atoms with Crippen molar-refractivity contribution in [3.8, 4) is 5.75 Å². The Morgan fingerprint density at radius 2 is 1.75 bits per heavy atom. The molecule has 1 amide bonds. The van der Waals surface area contributed by atoms with Gasteiger partial charge in [-0.15, -0.1) is 0 Å². The molecule has 0 heterocycles.